The van der Waals surface area contributed by atoms with Gasteiger partial charge in [-0.05, 0) is 24.6 Å². The predicted octanol–water partition coefficient (Wildman–Crippen LogP) is 1.64. The molecule has 0 unspecified atom stereocenters. The zero-order valence-corrected chi connectivity index (χ0v) is 13.8. The van der Waals surface area contributed by atoms with Gasteiger partial charge in [0.1, 0.15) is 4.88 Å². The number of carbonyl (C=O) groups is 2. The van der Waals surface area contributed by atoms with Crippen LogP contribution in [0.2, 0.25) is 0 Å². The summed E-state index contributed by atoms with van der Waals surface area (Å²) in [4.78, 5) is 34.2. The molecule has 122 valence electrons. The Morgan fingerprint density at radius 2 is 2.04 bits per heavy atom. The Balaban J connectivity index is 1.94. The number of anilines is 1. The summed E-state index contributed by atoms with van der Waals surface area (Å²) in [6.45, 7) is 3.27. The number of hydrogen-bond donors (Lipinski definition) is 1. The highest BCUT2D eigenvalue weighted by Crippen LogP contribution is 2.25. The minimum atomic E-state index is -0.966. The molecule has 0 bridgehead atoms. The Labute approximate surface area is 138 Å². The first-order valence-electron chi connectivity index (χ1n) is 7.01. The summed E-state index contributed by atoms with van der Waals surface area (Å²) in [7, 11) is 1.83. The molecule has 0 saturated carbocycles. The number of aromatic nitrogens is 2. The second-order valence-electron chi connectivity index (χ2n) is 5.07. The molecule has 2 aromatic rings. The molecule has 2 rings (SSSR count). The first-order chi connectivity index (χ1) is 11.0. The molecule has 1 amide bonds. The monoisotopic (exact) mass is 334 g/mol. The quantitative estimate of drug-likeness (QED) is 0.739. The molecule has 2 heterocycles. The lowest BCUT2D eigenvalue weighted by Gasteiger charge is -2.22. The van der Waals surface area contributed by atoms with Gasteiger partial charge in [0.05, 0.1) is 5.69 Å². The van der Waals surface area contributed by atoms with Crippen molar-refractivity contribution in [2.45, 2.75) is 13.5 Å². The van der Waals surface area contributed by atoms with Crippen LogP contribution in [0.3, 0.4) is 0 Å². The largest absolute Gasteiger partial charge is 0.477 e. The van der Waals surface area contributed by atoms with E-state index >= 15 is 0 Å². The summed E-state index contributed by atoms with van der Waals surface area (Å²) in [6.07, 6.45) is 4.19. The van der Waals surface area contributed by atoms with E-state index in [1.165, 1.54) is 0 Å². The van der Waals surface area contributed by atoms with E-state index in [1.54, 1.807) is 24.2 Å². The normalized spacial score (nSPS) is 10.3. The van der Waals surface area contributed by atoms with Gasteiger partial charge >= 0.3 is 5.97 Å². The number of carbonyl (C=O) groups excluding carboxylic acids is 1. The van der Waals surface area contributed by atoms with Crippen molar-refractivity contribution in [1.82, 2.24) is 14.9 Å². The number of pyridine rings is 1. The molecule has 23 heavy (non-hydrogen) atoms. The molecule has 0 aromatic carbocycles. The number of amides is 1. The van der Waals surface area contributed by atoms with Crippen molar-refractivity contribution in [2.24, 2.45) is 0 Å². The van der Waals surface area contributed by atoms with Gasteiger partial charge in [-0.1, -0.05) is 11.3 Å². The fourth-order valence-corrected chi connectivity index (χ4v) is 2.90. The summed E-state index contributed by atoms with van der Waals surface area (Å²) in [5.41, 5.74) is 1.52. The van der Waals surface area contributed by atoms with Gasteiger partial charge < -0.3 is 14.9 Å². The highest BCUT2D eigenvalue weighted by Gasteiger charge is 2.16. The molecular formula is C15H18N4O3S. The molecule has 0 atom stereocenters. The summed E-state index contributed by atoms with van der Waals surface area (Å²) in [6, 6.07) is 3.73. The van der Waals surface area contributed by atoms with E-state index in [0.29, 0.717) is 30.5 Å². The smallest absolute Gasteiger partial charge is 0.347 e. The number of carboxylic acids is 1. The first kappa shape index (κ1) is 16.9. The van der Waals surface area contributed by atoms with Gasteiger partial charge in [-0.3, -0.25) is 9.78 Å². The van der Waals surface area contributed by atoms with Crippen molar-refractivity contribution in [3.8, 4) is 0 Å². The van der Waals surface area contributed by atoms with Crippen LogP contribution in [-0.4, -0.2) is 52.5 Å². The van der Waals surface area contributed by atoms with Gasteiger partial charge in [0.25, 0.3) is 0 Å². The lowest BCUT2D eigenvalue weighted by atomic mass is 10.2. The number of rotatable bonds is 8. The van der Waals surface area contributed by atoms with Crippen LogP contribution in [0.15, 0.2) is 24.5 Å². The molecule has 0 aliphatic rings. The molecule has 7 nitrogen and oxygen atoms in total. The van der Waals surface area contributed by atoms with Crippen LogP contribution < -0.4 is 4.90 Å². The number of likely N-dealkylation sites (N-methyl/N-ethyl adjacent to an activating group) is 1. The van der Waals surface area contributed by atoms with Crippen LogP contribution >= 0.6 is 11.3 Å². The first-order valence-corrected chi connectivity index (χ1v) is 7.83. The van der Waals surface area contributed by atoms with Gasteiger partial charge in [0, 0.05) is 39.1 Å². The lowest BCUT2D eigenvalue weighted by Crippen LogP contribution is -2.32. The minimum Gasteiger partial charge on any atom is -0.477 e. The predicted molar refractivity (Wildman–Crippen MR) is 87.8 cm³/mol. The van der Waals surface area contributed by atoms with E-state index in [4.69, 9.17) is 5.11 Å². The Hall–Kier alpha value is -2.48. The van der Waals surface area contributed by atoms with Crippen molar-refractivity contribution in [1.29, 1.82) is 0 Å². The lowest BCUT2D eigenvalue weighted by molar-refractivity contribution is -0.118. The average molecular weight is 334 g/mol. The standard InChI is InChI=1S/C15H18N4O3S/c1-11-13(14(21)22)23-15(17-11)18(2)7-8-19(10-20)9-12-3-5-16-6-4-12/h3-6,10H,7-9H2,1-2H3,(H,21,22). The summed E-state index contributed by atoms with van der Waals surface area (Å²) in [5, 5.41) is 9.71. The number of aryl methyl sites for hydroxylation is 1. The van der Waals surface area contributed by atoms with E-state index in [2.05, 4.69) is 9.97 Å². The van der Waals surface area contributed by atoms with Crippen LogP contribution in [-0.2, 0) is 11.3 Å². The molecule has 0 radical (unpaired) electrons. The maximum absolute atomic E-state index is 11.2. The molecule has 0 fully saturated rings. The third kappa shape index (κ3) is 4.49. The van der Waals surface area contributed by atoms with Crippen molar-refractivity contribution in [2.75, 3.05) is 25.0 Å². The van der Waals surface area contributed by atoms with Crippen molar-refractivity contribution >= 4 is 28.8 Å². The summed E-state index contributed by atoms with van der Waals surface area (Å²) < 4.78 is 0. The van der Waals surface area contributed by atoms with E-state index in [-0.39, 0.29) is 4.88 Å². The van der Waals surface area contributed by atoms with Crippen LogP contribution in [0.25, 0.3) is 0 Å². The maximum atomic E-state index is 11.2. The number of aromatic carboxylic acids is 1. The van der Waals surface area contributed by atoms with Gasteiger partial charge in [-0.25, -0.2) is 9.78 Å². The maximum Gasteiger partial charge on any atom is 0.347 e. The second kappa shape index (κ2) is 7.68. The van der Waals surface area contributed by atoms with Gasteiger partial charge in [-0.2, -0.15) is 0 Å². The summed E-state index contributed by atoms with van der Waals surface area (Å²) in [5.74, 6) is -0.966. The summed E-state index contributed by atoms with van der Waals surface area (Å²) >= 11 is 1.14. The van der Waals surface area contributed by atoms with E-state index in [0.717, 1.165) is 23.3 Å². The minimum absolute atomic E-state index is 0.246. The van der Waals surface area contributed by atoms with E-state index in [9.17, 15) is 9.59 Å². The molecule has 0 aliphatic carbocycles. The highest BCUT2D eigenvalue weighted by molar-refractivity contribution is 7.17. The van der Waals surface area contributed by atoms with Crippen molar-refractivity contribution < 1.29 is 14.7 Å². The topological polar surface area (TPSA) is 86.6 Å². The van der Waals surface area contributed by atoms with Crippen LogP contribution in [0.5, 0.6) is 0 Å². The molecule has 1 N–H and O–H groups in total. The van der Waals surface area contributed by atoms with Crippen LogP contribution in [0.4, 0.5) is 5.13 Å². The van der Waals surface area contributed by atoms with Gasteiger partial charge in [0.15, 0.2) is 5.13 Å². The van der Waals surface area contributed by atoms with Crippen LogP contribution in [0, 0.1) is 6.92 Å². The fraction of sp³-hybridized carbons (Fsp3) is 0.333. The molecule has 2 aromatic heterocycles. The number of hydrogen-bond acceptors (Lipinski definition) is 6. The number of thiazole rings is 1. The average Bonchev–Trinajstić information content (AvgIpc) is 2.94. The Morgan fingerprint density at radius 3 is 2.61 bits per heavy atom. The molecule has 0 aliphatic heterocycles. The Morgan fingerprint density at radius 1 is 1.35 bits per heavy atom. The van der Waals surface area contributed by atoms with E-state index < -0.39 is 5.97 Å². The Kier molecular flexibility index (Phi) is 5.64. The zero-order valence-electron chi connectivity index (χ0n) is 13.0. The van der Waals surface area contributed by atoms with Crippen molar-refractivity contribution in [3.05, 3.63) is 40.7 Å². The third-order valence-corrected chi connectivity index (χ3v) is 4.57. The van der Waals surface area contributed by atoms with Crippen LogP contribution in [0.1, 0.15) is 20.9 Å². The zero-order chi connectivity index (χ0) is 16.8. The molecular weight excluding hydrogens is 316 g/mol. The SMILES string of the molecule is Cc1nc(N(C)CCN(C=O)Cc2ccncc2)sc1C(=O)O. The number of carboxylic acid groups (broad SMARTS) is 1. The second-order valence-corrected chi connectivity index (χ2v) is 6.05. The van der Waals surface area contributed by atoms with Gasteiger partial charge in [-0.15, -0.1) is 0 Å². The fourth-order valence-electron chi connectivity index (χ4n) is 2.01. The highest BCUT2D eigenvalue weighted by atomic mass is 32.1. The molecule has 0 spiro atoms. The van der Waals surface area contributed by atoms with Gasteiger partial charge in [0.2, 0.25) is 6.41 Å². The Bertz CT molecular complexity index is 675. The third-order valence-electron chi connectivity index (χ3n) is 3.31. The van der Waals surface area contributed by atoms with E-state index in [1.807, 2.05) is 24.1 Å². The van der Waals surface area contributed by atoms with Crippen molar-refractivity contribution in [3.63, 3.8) is 0 Å². The molecule has 8 heteroatoms. The number of nitrogens with zero attached hydrogens (tertiary/aromatic N) is 4. The molecule has 0 saturated heterocycles.